The minimum atomic E-state index is -1.49. The van der Waals surface area contributed by atoms with Crippen molar-refractivity contribution < 1.29 is 54.1 Å². The Hall–Kier alpha value is -4.81. The Kier molecular flexibility index (Phi) is 13.0. The van der Waals surface area contributed by atoms with Crippen molar-refractivity contribution in [3.8, 4) is 5.75 Å². The zero-order valence-corrected chi connectivity index (χ0v) is 24.3. The number of hydroxylamine groups is 4. The van der Waals surface area contributed by atoms with Gasteiger partial charge in [-0.15, -0.1) is 0 Å². The Bertz CT molecular complexity index is 1280. The number of nitrogens with zero attached hydrogens (tertiary/aromatic N) is 3. The second-order valence-corrected chi connectivity index (χ2v) is 10.3. The highest BCUT2D eigenvalue weighted by Crippen LogP contribution is 2.21. The summed E-state index contributed by atoms with van der Waals surface area (Å²) < 4.78 is 5.41. The van der Waals surface area contributed by atoms with Crippen LogP contribution in [0.15, 0.2) is 29.3 Å². The van der Waals surface area contributed by atoms with Crippen LogP contribution in [0.2, 0.25) is 0 Å². The fourth-order valence-electron chi connectivity index (χ4n) is 4.50. The molecule has 8 N–H and O–H groups in total. The van der Waals surface area contributed by atoms with Gasteiger partial charge in [0.25, 0.3) is 5.91 Å². The van der Waals surface area contributed by atoms with E-state index in [0.29, 0.717) is 23.0 Å². The molecule has 2 aliphatic heterocycles. The molecule has 0 aromatic heterocycles. The van der Waals surface area contributed by atoms with Crippen LogP contribution >= 0.6 is 0 Å². The van der Waals surface area contributed by atoms with Crippen molar-refractivity contribution in [3.05, 3.63) is 29.8 Å². The Balaban J connectivity index is 1.56. The van der Waals surface area contributed by atoms with Crippen LogP contribution in [0.25, 0.3) is 0 Å². The maximum Gasteiger partial charge on any atom is 0.268 e. The number of hydrogen-bond donors (Lipinski definition) is 8. The summed E-state index contributed by atoms with van der Waals surface area (Å²) in [6.45, 7) is -1.20. The highest BCUT2D eigenvalue weighted by Gasteiger charge is 2.32. The first-order valence-electron chi connectivity index (χ1n) is 14.2. The van der Waals surface area contributed by atoms with Gasteiger partial charge in [-0.2, -0.15) is 0 Å². The van der Waals surface area contributed by atoms with Crippen molar-refractivity contribution >= 4 is 41.8 Å². The van der Waals surface area contributed by atoms with Crippen LogP contribution in [-0.2, 0) is 33.5 Å². The van der Waals surface area contributed by atoms with Crippen LogP contribution < -0.4 is 21.3 Å². The van der Waals surface area contributed by atoms with Gasteiger partial charge in [-0.1, -0.05) is 12.1 Å². The lowest BCUT2D eigenvalue weighted by molar-refractivity contribution is -0.173. The van der Waals surface area contributed by atoms with Gasteiger partial charge in [-0.05, 0) is 37.8 Å². The third kappa shape index (κ3) is 10.1. The van der Waals surface area contributed by atoms with E-state index < -0.39 is 60.3 Å². The molecule has 18 heteroatoms. The van der Waals surface area contributed by atoms with E-state index in [1.165, 1.54) is 6.07 Å². The molecule has 1 saturated heterocycles. The highest BCUT2D eigenvalue weighted by molar-refractivity contribution is 6.01. The summed E-state index contributed by atoms with van der Waals surface area (Å²) in [4.78, 5) is 77.8. The number of benzene rings is 1. The standard InChI is InChI=1S/C27H37N7O11/c35-13-19(31-25(41)20-14-45-26(32-20)16-5-1-2-8-21(16)37)24(40)30-17(6-3-11-33(43)15-36)23(39)28-10-9-22(38)29-18-7-4-12-34(44)27(18)42/h1-2,5,8,15,17-20,35,37,43-44H,3-4,6-7,9-14H2,(H,28,39)(H,29,38)(H,30,40)(H,31,41). The van der Waals surface area contributed by atoms with Crippen LogP contribution in [0.1, 0.15) is 37.7 Å². The number of aliphatic imine (C=N–C) groups is 1. The predicted octanol–water partition coefficient (Wildman–Crippen LogP) is -2.87. The number of amides is 6. The number of carbonyl (C=O) groups excluding carboxylic acids is 6. The van der Waals surface area contributed by atoms with Crippen molar-refractivity contribution in [2.45, 2.75) is 56.3 Å². The van der Waals surface area contributed by atoms with E-state index in [9.17, 15) is 49.4 Å². The number of aromatic hydroxyl groups is 1. The number of aliphatic hydroxyl groups excluding tert-OH is 1. The SMILES string of the molecule is O=CN(O)CCCC(NC(=O)C(CO)NC(=O)C1COC(c2ccccc2O)=N1)C(=O)NCCC(=O)NC1CCCN(O)C1=O. The Morgan fingerprint density at radius 1 is 1.16 bits per heavy atom. The van der Waals surface area contributed by atoms with Gasteiger partial charge in [0, 0.05) is 26.1 Å². The lowest BCUT2D eigenvalue weighted by atomic mass is 10.1. The first-order chi connectivity index (χ1) is 21.5. The van der Waals surface area contributed by atoms with E-state index in [1.807, 2.05) is 0 Å². The lowest BCUT2D eigenvalue weighted by Gasteiger charge is -2.27. The van der Waals surface area contributed by atoms with Crippen LogP contribution in [0.5, 0.6) is 5.75 Å². The summed E-state index contributed by atoms with van der Waals surface area (Å²) in [7, 11) is 0. The van der Waals surface area contributed by atoms with E-state index in [4.69, 9.17) is 4.74 Å². The maximum absolute atomic E-state index is 13.0. The molecule has 1 fully saturated rings. The number of nitrogens with one attached hydrogen (secondary N) is 4. The molecular weight excluding hydrogens is 598 g/mol. The van der Waals surface area contributed by atoms with Gasteiger partial charge in [0.1, 0.15) is 30.5 Å². The molecule has 6 amide bonds. The summed E-state index contributed by atoms with van der Waals surface area (Å²) in [5, 5.41) is 49.4. The second kappa shape index (κ2) is 16.9. The van der Waals surface area contributed by atoms with E-state index in [0.717, 1.165) is 0 Å². The first kappa shape index (κ1) is 34.7. The van der Waals surface area contributed by atoms with E-state index in [2.05, 4.69) is 26.3 Å². The van der Waals surface area contributed by atoms with Gasteiger partial charge < -0.3 is 36.2 Å². The molecule has 0 bridgehead atoms. The molecule has 1 aromatic rings. The number of aliphatic hydroxyl groups is 1. The average molecular weight is 636 g/mol. The number of rotatable bonds is 16. The fraction of sp³-hybridized carbons (Fsp3) is 0.519. The zero-order chi connectivity index (χ0) is 32.9. The lowest BCUT2D eigenvalue weighted by Crippen LogP contribution is -2.56. The molecule has 0 aliphatic carbocycles. The molecule has 0 saturated carbocycles. The number of phenols is 1. The van der Waals surface area contributed by atoms with Gasteiger partial charge in [-0.3, -0.25) is 39.2 Å². The minimum Gasteiger partial charge on any atom is -0.507 e. The largest absolute Gasteiger partial charge is 0.507 e. The van der Waals surface area contributed by atoms with E-state index in [-0.39, 0.29) is 69.1 Å². The number of ether oxygens (including phenoxy) is 1. The van der Waals surface area contributed by atoms with Gasteiger partial charge in [0.2, 0.25) is 35.9 Å². The molecule has 0 radical (unpaired) electrons. The molecule has 45 heavy (non-hydrogen) atoms. The Morgan fingerprint density at radius 3 is 2.62 bits per heavy atom. The van der Waals surface area contributed by atoms with E-state index in [1.54, 1.807) is 18.2 Å². The molecule has 2 aliphatic rings. The van der Waals surface area contributed by atoms with Crippen molar-refractivity contribution in [2.24, 2.45) is 4.99 Å². The summed E-state index contributed by atoms with van der Waals surface area (Å²) in [6.07, 6.45) is 0.779. The minimum absolute atomic E-state index is 0.0256. The predicted molar refractivity (Wildman–Crippen MR) is 151 cm³/mol. The Morgan fingerprint density at radius 2 is 1.91 bits per heavy atom. The summed E-state index contributed by atoms with van der Waals surface area (Å²) in [5.74, 6) is -3.69. The fourth-order valence-corrected chi connectivity index (χ4v) is 4.50. The number of hydrogen-bond acceptors (Lipinski definition) is 12. The topological polar surface area (TPSA) is 260 Å². The molecule has 4 unspecified atom stereocenters. The molecule has 3 rings (SSSR count). The van der Waals surface area contributed by atoms with Crippen LogP contribution in [0.4, 0.5) is 0 Å². The van der Waals surface area contributed by atoms with Crippen LogP contribution in [0.3, 0.4) is 0 Å². The van der Waals surface area contributed by atoms with E-state index >= 15 is 0 Å². The molecule has 4 atom stereocenters. The van der Waals surface area contributed by atoms with Gasteiger partial charge in [0.15, 0.2) is 6.04 Å². The summed E-state index contributed by atoms with van der Waals surface area (Å²) >= 11 is 0. The third-order valence-electron chi connectivity index (χ3n) is 6.94. The zero-order valence-electron chi connectivity index (χ0n) is 24.3. The maximum atomic E-state index is 13.0. The molecular formula is C27H37N7O11. The molecule has 2 heterocycles. The average Bonchev–Trinajstić information content (AvgIpc) is 3.51. The Labute approximate surface area is 257 Å². The smallest absolute Gasteiger partial charge is 0.268 e. The monoisotopic (exact) mass is 635 g/mol. The quantitative estimate of drug-likeness (QED) is 0.0520. The van der Waals surface area contributed by atoms with Gasteiger partial charge in [-0.25, -0.2) is 15.1 Å². The van der Waals surface area contributed by atoms with Crippen molar-refractivity contribution in [1.29, 1.82) is 0 Å². The van der Waals surface area contributed by atoms with Crippen molar-refractivity contribution in [2.75, 3.05) is 32.8 Å². The normalized spacial score (nSPS) is 19.0. The van der Waals surface area contributed by atoms with Crippen molar-refractivity contribution in [1.82, 2.24) is 31.4 Å². The van der Waals surface area contributed by atoms with Crippen LogP contribution in [-0.4, -0.2) is 130 Å². The number of piperidine rings is 1. The third-order valence-corrected chi connectivity index (χ3v) is 6.94. The summed E-state index contributed by atoms with van der Waals surface area (Å²) in [6, 6.07) is 1.48. The van der Waals surface area contributed by atoms with Gasteiger partial charge >= 0.3 is 0 Å². The first-order valence-corrected chi connectivity index (χ1v) is 14.2. The number of para-hydroxylation sites is 1. The molecule has 246 valence electrons. The number of carbonyl (C=O) groups is 6. The highest BCUT2D eigenvalue weighted by atomic mass is 16.5. The van der Waals surface area contributed by atoms with Crippen molar-refractivity contribution in [3.63, 3.8) is 0 Å². The number of phenolic OH excluding ortho intramolecular Hbond substituents is 1. The summed E-state index contributed by atoms with van der Waals surface area (Å²) in [5.41, 5.74) is 0.269. The molecule has 1 aromatic carbocycles. The molecule has 18 nitrogen and oxygen atoms in total. The second-order valence-electron chi connectivity index (χ2n) is 10.3. The van der Waals surface area contributed by atoms with Crippen LogP contribution in [0, 0.1) is 0 Å². The molecule has 0 spiro atoms. The van der Waals surface area contributed by atoms with Gasteiger partial charge in [0.05, 0.1) is 12.2 Å².